The summed E-state index contributed by atoms with van der Waals surface area (Å²) in [6.45, 7) is 2.32. The van der Waals surface area contributed by atoms with Crippen LogP contribution in [0.4, 0.5) is 5.69 Å². The minimum atomic E-state index is -1.17. The molecule has 0 radical (unpaired) electrons. The standard InChI is InChI=1S/C25H21NO5/c1-2-29-21-15-9-7-13-19(21)26-24(27)23(17-10-4-3-5-11-17)31-25(28)22-16-18-12-6-8-14-20(18)30-22/h3-16,23H,2H2,1H3,(H,26,27)/t23-/m1/s1. The number of furan rings is 1. The van der Waals surface area contributed by atoms with Crippen LogP contribution in [0.2, 0.25) is 0 Å². The highest BCUT2D eigenvalue weighted by atomic mass is 16.6. The van der Waals surface area contributed by atoms with Crippen molar-refractivity contribution in [1.82, 2.24) is 0 Å². The Balaban J connectivity index is 1.60. The molecule has 0 aliphatic rings. The van der Waals surface area contributed by atoms with Crippen LogP contribution in [0.5, 0.6) is 5.75 Å². The third-order valence-electron chi connectivity index (χ3n) is 4.64. The van der Waals surface area contributed by atoms with Crippen LogP contribution in [0, 0.1) is 0 Å². The Morgan fingerprint density at radius 1 is 0.935 bits per heavy atom. The predicted octanol–water partition coefficient (Wildman–Crippen LogP) is 5.37. The Hall–Kier alpha value is -4.06. The molecule has 1 N–H and O–H groups in total. The number of rotatable bonds is 7. The number of amides is 1. The molecule has 1 aromatic heterocycles. The van der Waals surface area contributed by atoms with E-state index in [1.54, 1.807) is 54.6 Å². The first kappa shape index (κ1) is 20.2. The molecule has 0 aliphatic carbocycles. The molecule has 6 heteroatoms. The third-order valence-corrected chi connectivity index (χ3v) is 4.64. The van der Waals surface area contributed by atoms with Crippen molar-refractivity contribution in [2.75, 3.05) is 11.9 Å². The lowest BCUT2D eigenvalue weighted by molar-refractivity contribution is -0.125. The van der Waals surface area contributed by atoms with Gasteiger partial charge in [-0.3, -0.25) is 4.79 Å². The van der Waals surface area contributed by atoms with Crippen molar-refractivity contribution in [3.63, 3.8) is 0 Å². The Labute approximate surface area is 179 Å². The van der Waals surface area contributed by atoms with Gasteiger partial charge in [0.1, 0.15) is 11.3 Å². The van der Waals surface area contributed by atoms with E-state index in [2.05, 4.69) is 5.32 Å². The number of carbonyl (C=O) groups is 2. The molecule has 4 rings (SSSR count). The van der Waals surface area contributed by atoms with Crippen molar-refractivity contribution >= 4 is 28.5 Å². The van der Waals surface area contributed by atoms with Crippen LogP contribution in [0.15, 0.2) is 89.3 Å². The zero-order valence-electron chi connectivity index (χ0n) is 16.9. The van der Waals surface area contributed by atoms with Gasteiger partial charge in [0, 0.05) is 10.9 Å². The molecule has 6 nitrogen and oxygen atoms in total. The van der Waals surface area contributed by atoms with Crippen molar-refractivity contribution in [2.24, 2.45) is 0 Å². The Bertz CT molecular complexity index is 1170. The number of carbonyl (C=O) groups excluding carboxylic acids is 2. The molecule has 0 aliphatic heterocycles. The van der Waals surface area contributed by atoms with Crippen molar-refractivity contribution in [3.05, 3.63) is 96.3 Å². The minimum Gasteiger partial charge on any atom is -0.492 e. The van der Waals surface area contributed by atoms with Gasteiger partial charge >= 0.3 is 5.97 Å². The first-order valence-electron chi connectivity index (χ1n) is 9.93. The van der Waals surface area contributed by atoms with E-state index in [9.17, 15) is 9.59 Å². The van der Waals surface area contributed by atoms with Gasteiger partial charge in [0.25, 0.3) is 5.91 Å². The molecule has 0 unspecified atom stereocenters. The second-order valence-electron chi connectivity index (χ2n) is 6.76. The highest BCUT2D eigenvalue weighted by Gasteiger charge is 2.28. The van der Waals surface area contributed by atoms with Gasteiger partial charge in [0.05, 0.1) is 12.3 Å². The van der Waals surface area contributed by atoms with Crippen LogP contribution >= 0.6 is 0 Å². The number of hydrogen-bond acceptors (Lipinski definition) is 5. The quantitative estimate of drug-likeness (QED) is 0.411. The van der Waals surface area contributed by atoms with Crippen LogP contribution in [0.1, 0.15) is 29.1 Å². The van der Waals surface area contributed by atoms with Crippen LogP contribution in [0.3, 0.4) is 0 Å². The van der Waals surface area contributed by atoms with Crippen molar-refractivity contribution in [1.29, 1.82) is 0 Å². The maximum absolute atomic E-state index is 13.1. The van der Waals surface area contributed by atoms with Gasteiger partial charge in [-0.25, -0.2) is 4.79 Å². The van der Waals surface area contributed by atoms with Crippen LogP contribution in [-0.2, 0) is 9.53 Å². The van der Waals surface area contributed by atoms with Gasteiger partial charge in [0.2, 0.25) is 11.9 Å². The molecule has 156 valence electrons. The zero-order valence-corrected chi connectivity index (χ0v) is 16.9. The second kappa shape index (κ2) is 9.17. The lowest BCUT2D eigenvalue weighted by Gasteiger charge is -2.18. The molecule has 1 amide bonds. The molecule has 0 saturated carbocycles. The zero-order chi connectivity index (χ0) is 21.6. The van der Waals surface area contributed by atoms with Gasteiger partial charge in [-0.2, -0.15) is 0 Å². The largest absolute Gasteiger partial charge is 0.492 e. The fourth-order valence-electron chi connectivity index (χ4n) is 3.20. The number of para-hydroxylation sites is 3. The normalized spacial score (nSPS) is 11.6. The summed E-state index contributed by atoms with van der Waals surface area (Å²) in [5.41, 5.74) is 1.61. The van der Waals surface area contributed by atoms with Gasteiger partial charge in [-0.1, -0.05) is 60.7 Å². The van der Waals surface area contributed by atoms with E-state index >= 15 is 0 Å². The van der Waals surface area contributed by atoms with Gasteiger partial charge < -0.3 is 19.2 Å². The molecular formula is C25H21NO5. The van der Waals surface area contributed by atoms with E-state index in [1.165, 1.54) is 0 Å². The second-order valence-corrected chi connectivity index (χ2v) is 6.76. The summed E-state index contributed by atoms with van der Waals surface area (Å²) in [6, 6.07) is 24.8. The van der Waals surface area contributed by atoms with E-state index in [0.717, 1.165) is 5.39 Å². The van der Waals surface area contributed by atoms with E-state index in [-0.39, 0.29) is 5.76 Å². The highest BCUT2D eigenvalue weighted by molar-refractivity contribution is 5.99. The number of anilines is 1. The fraction of sp³-hybridized carbons (Fsp3) is 0.120. The summed E-state index contributed by atoms with van der Waals surface area (Å²) in [5.74, 6) is -0.653. The van der Waals surface area contributed by atoms with Crippen molar-refractivity contribution < 1.29 is 23.5 Å². The molecule has 3 aromatic carbocycles. The van der Waals surface area contributed by atoms with E-state index in [0.29, 0.717) is 29.2 Å². The highest BCUT2D eigenvalue weighted by Crippen LogP contribution is 2.28. The summed E-state index contributed by atoms with van der Waals surface area (Å²) in [4.78, 5) is 25.9. The maximum atomic E-state index is 13.1. The summed E-state index contributed by atoms with van der Waals surface area (Å²) >= 11 is 0. The lowest BCUT2D eigenvalue weighted by atomic mass is 10.1. The minimum absolute atomic E-state index is 0.0321. The van der Waals surface area contributed by atoms with Gasteiger partial charge in [-0.15, -0.1) is 0 Å². The molecule has 1 heterocycles. The molecule has 0 saturated heterocycles. The first-order chi connectivity index (χ1) is 15.2. The van der Waals surface area contributed by atoms with Crippen LogP contribution < -0.4 is 10.1 Å². The van der Waals surface area contributed by atoms with Crippen LogP contribution in [-0.4, -0.2) is 18.5 Å². The molecule has 0 bridgehead atoms. The Kier molecular flexibility index (Phi) is 5.98. The molecular weight excluding hydrogens is 394 g/mol. The van der Waals surface area contributed by atoms with E-state index in [1.807, 2.05) is 37.3 Å². The Morgan fingerprint density at radius 3 is 2.42 bits per heavy atom. The molecule has 4 aromatic rings. The van der Waals surface area contributed by atoms with Crippen molar-refractivity contribution in [2.45, 2.75) is 13.0 Å². The summed E-state index contributed by atoms with van der Waals surface area (Å²) < 4.78 is 16.8. The smallest absolute Gasteiger partial charge is 0.375 e. The van der Waals surface area contributed by atoms with Crippen molar-refractivity contribution in [3.8, 4) is 5.75 Å². The summed E-state index contributed by atoms with van der Waals surface area (Å²) in [5, 5.41) is 3.58. The number of nitrogens with one attached hydrogen (secondary N) is 1. The van der Waals surface area contributed by atoms with Gasteiger partial charge in [0.15, 0.2) is 0 Å². The number of hydrogen-bond donors (Lipinski definition) is 1. The lowest BCUT2D eigenvalue weighted by Crippen LogP contribution is -2.26. The fourth-order valence-corrected chi connectivity index (χ4v) is 3.20. The SMILES string of the molecule is CCOc1ccccc1NC(=O)[C@H](OC(=O)c1cc2ccccc2o1)c1ccccc1. The topological polar surface area (TPSA) is 77.8 Å². The molecule has 1 atom stereocenters. The van der Waals surface area contributed by atoms with E-state index < -0.39 is 18.0 Å². The van der Waals surface area contributed by atoms with Gasteiger partial charge in [-0.05, 0) is 31.2 Å². The summed E-state index contributed by atoms with van der Waals surface area (Å²) in [6.07, 6.45) is -1.17. The number of ether oxygens (including phenoxy) is 2. The average Bonchev–Trinajstić information content (AvgIpc) is 3.24. The number of fused-ring (bicyclic) bond motifs is 1. The number of esters is 1. The first-order valence-corrected chi connectivity index (χ1v) is 9.93. The van der Waals surface area contributed by atoms with Crippen LogP contribution in [0.25, 0.3) is 11.0 Å². The summed E-state index contributed by atoms with van der Waals surface area (Å²) in [7, 11) is 0. The monoisotopic (exact) mass is 415 g/mol. The number of benzene rings is 3. The van der Waals surface area contributed by atoms with E-state index in [4.69, 9.17) is 13.9 Å². The Morgan fingerprint density at radius 2 is 1.65 bits per heavy atom. The molecule has 0 spiro atoms. The molecule has 31 heavy (non-hydrogen) atoms. The predicted molar refractivity (Wildman–Crippen MR) is 117 cm³/mol. The molecule has 0 fully saturated rings. The average molecular weight is 415 g/mol. The third kappa shape index (κ3) is 4.59. The maximum Gasteiger partial charge on any atom is 0.375 e.